The number of nitrogens with one attached hydrogen (secondary N) is 1. The van der Waals surface area contributed by atoms with Crippen LogP contribution < -0.4 is 5.32 Å². The molecule has 0 aromatic carbocycles. The predicted molar refractivity (Wildman–Crippen MR) is 64.2 cm³/mol. The van der Waals surface area contributed by atoms with Gasteiger partial charge in [0.05, 0.1) is 18.8 Å². The third-order valence-corrected chi connectivity index (χ3v) is 3.93. The van der Waals surface area contributed by atoms with E-state index >= 15 is 0 Å². The van der Waals surface area contributed by atoms with Crippen LogP contribution in [0, 0.1) is 0 Å². The number of rotatable bonds is 3. The molecule has 2 rings (SSSR count). The Morgan fingerprint density at radius 1 is 1.56 bits per heavy atom. The zero-order valence-corrected chi connectivity index (χ0v) is 10.6. The highest BCUT2D eigenvalue weighted by Gasteiger charge is 2.45. The maximum absolute atomic E-state index is 12.6. The molecule has 2 heterocycles. The zero-order chi connectivity index (χ0) is 13.2. The van der Waals surface area contributed by atoms with Crippen molar-refractivity contribution in [2.45, 2.75) is 37.8 Å². The summed E-state index contributed by atoms with van der Waals surface area (Å²) in [5.74, 6) is -1.08. The Morgan fingerprint density at radius 2 is 2.33 bits per heavy atom. The third kappa shape index (κ3) is 2.22. The van der Waals surface area contributed by atoms with Crippen LogP contribution in [0.4, 0.5) is 0 Å². The zero-order valence-electron chi connectivity index (χ0n) is 10.6. The molecule has 0 saturated carbocycles. The molecule has 2 saturated heterocycles. The minimum Gasteiger partial charge on any atom is -0.480 e. The number of morpholine rings is 1. The smallest absolute Gasteiger partial charge is 0.328 e. The number of carbonyl (C=O) groups is 2. The van der Waals surface area contributed by atoms with Crippen molar-refractivity contribution in [2.24, 2.45) is 0 Å². The molecule has 18 heavy (non-hydrogen) atoms. The number of hydrogen-bond donors (Lipinski definition) is 2. The molecule has 2 unspecified atom stereocenters. The minimum atomic E-state index is -0.993. The van der Waals surface area contributed by atoms with Crippen LogP contribution in [0.3, 0.4) is 0 Å². The molecule has 0 radical (unpaired) electrons. The van der Waals surface area contributed by atoms with E-state index in [9.17, 15) is 9.59 Å². The second-order valence-electron chi connectivity index (χ2n) is 4.89. The van der Waals surface area contributed by atoms with Gasteiger partial charge in [0, 0.05) is 6.54 Å². The van der Waals surface area contributed by atoms with Gasteiger partial charge >= 0.3 is 5.97 Å². The van der Waals surface area contributed by atoms with Crippen LogP contribution in [0.25, 0.3) is 0 Å². The Kier molecular flexibility index (Phi) is 3.87. The van der Waals surface area contributed by atoms with Crippen molar-refractivity contribution >= 4 is 11.9 Å². The lowest BCUT2D eigenvalue weighted by Crippen LogP contribution is -2.61. The normalized spacial score (nSPS) is 32.5. The Balaban J connectivity index is 2.17. The van der Waals surface area contributed by atoms with Gasteiger partial charge in [0.15, 0.2) is 6.04 Å². The molecule has 0 aromatic heterocycles. The van der Waals surface area contributed by atoms with Crippen molar-refractivity contribution in [1.82, 2.24) is 10.2 Å². The van der Waals surface area contributed by atoms with E-state index in [-0.39, 0.29) is 12.5 Å². The average Bonchev–Trinajstić information content (AvgIpc) is 2.87. The molecule has 0 aromatic rings. The van der Waals surface area contributed by atoms with Crippen LogP contribution in [0.1, 0.15) is 26.2 Å². The Morgan fingerprint density at radius 3 is 2.89 bits per heavy atom. The predicted octanol–water partition coefficient (Wildman–Crippen LogP) is -0.169. The summed E-state index contributed by atoms with van der Waals surface area (Å²) in [4.78, 5) is 25.3. The average molecular weight is 256 g/mol. The first kappa shape index (κ1) is 13.3. The van der Waals surface area contributed by atoms with Gasteiger partial charge in [-0.15, -0.1) is 0 Å². The van der Waals surface area contributed by atoms with E-state index in [0.717, 1.165) is 19.4 Å². The maximum atomic E-state index is 12.6. The first-order chi connectivity index (χ1) is 8.60. The number of carbonyl (C=O) groups excluding carboxylic acids is 1. The van der Waals surface area contributed by atoms with Gasteiger partial charge in [0.2, 0.25) is 5.91 Å². The van der Waals surface area contributed by atoms with Crippen LogP contribution in [-0.2, 0) is 14.3 Å². The number of amides is 1. The van der Waals surface area contributed by atoms with Crippen molar-refractivity contribution in [3.63, 3.8) is 0 Å². The lowest BCUT2D eigenvalue weighted by atomic mass is 9.91. The molecule has 2 N–H and O–H groups in total. The summed E-state index contributed by atoms with van der Waals surface area (Å²) in [6.45, 7) is 3.64. The summed E-state index contributed by atoms with van der Waals surface area (Å²) in [5.41, 5.74) is -0.564. The van der Waals surface area contributed by atoms with E-state index in [1.54, 1.807) is 0 Å². The van der Waals surface area contributed by atoms with Crippen molar-refractivity contribution < 1.29 is 19.4 Å². The number of ether oxygens (including phenoxy) is 1. The molecule has 2 fully saturated rings. The lowest BCUT2D eigenvalue weighted by molar-refractivity contribution is -0.161. The summed E-state index contributed by atoms with van der Waals surface area (Å²) in [6.07, 6.45) is 2.43. The maximum Gasteiger partial charge on any atom is 0.328 e. The standard InChI is InChI=1S/C12H20N2O4/c1-2-12(4-3-5-13-12)11(17)14-6-7-18-8-9(14)10(15)16/h9,13H,2-8H2,1H3,(H,15,16). The summed E-state index contributed by atoms with van der Waals surface area (Å²) >= 11 is 0. The quantitative estimate of drug-likeness (QED) is 0.733. The number of carboxylic acids is 1. The molecule has 2 aliphatic heterocycles. The van der Waals surface area contributed by atoms with Crippen LogP contribution in [0.15, 0.2) is 0 Å². The monoisotopic (exact) mass is 256 g/mol. The van der Waals surface area contributed by atoms with E-state index in [1.165, 1.54) is 4.90 Å². The summed E-state index contributed by atoms with van der Waals surface area (Å²) in [7, 11) is 0. The van der Waals surface area contributed by atoms with Crippen molar-refractivity contribution in [3.05, 3.63) is 0 Å². The Bertz CT molecular complexity index is 339. The van der Waals surface area contributed by atoms with E-state index in [2.05, 4.69) is 5.32 Å². The van der Waals surface area contributed by atoms with Crippen LogP contribution in [0.2, 0.25) is 0 Å². The van der Waals surface area contributed by atoms with Crippen LogP contribution in [0.5, 0.6) is 0 Å². The second kappa shape index (κ2) is 5.24. The van der Waals surface area contributed by atoms with Crippen LogP contribution in [-0.4, -0.2) is 59.8 Å². The first-order valence-corrected chi connectivity index (χ1v) is 6.47. The highest BCUT2D eigenvalue weighted by Crippen LogP contribution is 2.27. The van der Waals surface area contributed by atoms with E-state index in [0.29, 0.717) is 19.6 Å². The highest BCUT2D eigenvalue weighted by atomic mass is 16.5. The van der Waals surface area contributed by atoms with Crippen molar-refractivity contribution in [2.75, 3.05) is 26.3 Å². The number of nitrogens with zero attached hydrogens (tertiary/aromatic N) is 1. The summed E-state index contributed by atoms with van der Waals surface area (Å²) in [6, 6.07) is -0.850. The molecule has 102 valence electrons. The molecule has 2 atom stereocenters. The first-order valence-electron chi connectivity index (χ1n) is 6.47. The molecule has 0 aliphatic carbocycles. The Labute approximate surface area is 106 Å². The number of hydrogen-bond acceptors (Lipinski definition) is 4. The van der Waals surface area contributed by atoms with E-state index in [4.69, 9.17) is 9.84 Å². The topological polar surface area (TPSA) is 78.9 Å². The molecule has 2 aliphatic rings. The lowest BCUT2D eigenvalue weighted by Gasteiger charge is -2.39. The van der Waals surface area contributed by atoms with Crippen molar-refractivity contribution in [1.29, 1.82) is 0 Å². The molecule has 0 spiro atoms. The molecule has 1 amide bonds. The van der Waals surface area contributed by atoms with Gasteiger partial charge in [-0.2, -0.15) is 0 Å². The van der Waals surface area contributed by atoms with Crippen LogP contribution >= 0.6 is 0 Å². The largest absolute Gasteiger partial charge is 0.480 e. The SMILES string of the molecule is CCC1(C(=O)N2CCOCC2C(=O)O)CCCN1. The number of carboxylic acid groups (broad SMARTS) is 1. The van der Waals surface area contributed by atoms with Gasteiger partial charge in [0.1, 0.15) is 0 Å². The van der Waals surface area contributed by atoms with E-state index < -0.39 is 17.6 Å². The fourth-order valence-corrected chi connectivity index (χ4v) is 2.77. The van der Waals surface area contributed by atoms with Gasteiger partial charge in [0.25, 0.3) is 0 Å². The fourth-order valence-electron chi connectivity index (χ4n) is 2.77. The number of aliphatic carboxylic acids is 1. The molecule has 6 nitrogen and oxygen atoms in total. The Hall–Kier alpha value is -1.14. The van der Waals surface area contributed by atoms with Crippen molar-refractivity contribution in [3.8, 4) is 0 Å². The van der Waals surface area contributed by atoms with Gasteiger partial charge < -0.3 is 20.1 Å². The summed E-state index contributed by atoms with van der Waals surface area (Å²) in [5, 5.41) is 12.4. The molecular weight excluding hydrogens is 236 g/mol. The molecule has 6 heteroatoms. The van der Waals surface area contributed by atoms with Gasteiger partial charge in [-0.3, -0.25) is 4.79 Å². The fraction of sp³-hybridized carbons (Fsp3) is 0.833. The molecule has 0 bridgehead atoms. The van der Waals surface area contributed by atoms with Gasteiger partial charge in [-0.05, 0) is 25.8 Å². The second-order valence-corrected chi connectivity index (χ2v) is 4.89. The third-order valence-electron chi connectivity index (χ3n) is 3.93. The molecular formula is C12H20N2O4. The van der Waals surface area contributed by atoms with Gasteiger partial charge in [-0.1, -0.05) is 6.92 Å². The van der Waals surface area contributed by atoms with E-state index in [1.807, 2.05) is 6.92 Å². The minimum absolute atomic E-state index is 0.0842. The summed E-state index contributed by atoms with van der Waals surface area (Å²) < 4.78 is 5.16. The van der Waals surface area contributed by atoms with Gasteiger partial charge in [-0.25, -0.2) is 4.79 Å². The highest BCUT2D eigenvalue weighted by molar-refractivity contribution is 5.90.